The third kappa shape index (κ3) is 5.95. The quantitative estimate of drug-likeness (QED) is 0.176. The van der Waals surface area contributed by atoms with E-state index in [2.05, 4.69) is 28.8 Å². The van der Waals surface area contributed by atoms with Gasteiger partial charge in [0, 0.05) is 22.2 Å². The lowest BCUT2D eigenvalue weighted by Gasteiger charge is -2.09. The third-order valence-electron chi connectivity index (χ3n) is 6.45. The molecule has 0 spiro atoms. The number of aryl methyl sites for hydroxylation is 1. The molecule has 40 heavy (non-hydrogen) atoms. The minimum atomic E-state index is -0.930. The van der Waals surface area contributed by atoms with E-state index in [1.165, 1.54) is 17.6 Å². The van der Waals surface area contributed by atoms with Crippen LogP contribution < -0.4 is 15.5 Å². The maximum absolute atomic E-state index is 12.6. The van der Waals surface area contributed by atoms with Gasteiger partial charge < -0.3 is 10.1 Å². The summed E-state index contributed by atoms with van der Waals surface area (Å²) in [4.78, 5) is 26.2. The van der Waals surface area contributed by atoms with E-state index in [1.54, 1.807) is 10.9 Å². The number of benzene rings is 2. The van der Waals surface area contributed by atoms with Crippen molar-refractivity contribution in [3.63, 3.8) is 0 Å². The number of fused-ring (bicyclic) bond motifs is 1. The summed E-state index contributed by atoms with van der Waals surface area (Å²) in [5.74, 6) is -1.04. The van der Waals surface area contributed by atoms with Crippen molar-refractivity contribution in [1.29, 1.82) is 5.26 Å². The zero-order valence-corrected chi connectivity index (χ0v) is 22.8. The zero-order valence-electron chi connectivity index (χ0n) is 22.0. The minimum absolute atomic E-state index is 0.413. The first-order valence-corrected chi connectivity index (χ1v) is 14.0. The number of nitrogens with one attached hydrogen (secondary N) is 2. The molecular formula is C30H28N6O3S. The topological polar surface area (TPSA) is 121 Å². The first-order valence-electron chi connectivity index (χ1n) is 13.1. The Balaban J connectivity index is 1.33. The van der Waals surface area contributed by atoms with E-state index >= 15 is 0 Å². The molecule has 5 rings (SSSR count). The zero-order chi connectivity index (χ0) is 27.9. The Morgan fingerprint density at radius 1 is 1.12 bits per heavy atom. The molecule has 0 saturated heterocycles. The van der Waals surface area contributed by atoms with Crippen molar-refractivity contribution < 1.29 is 14.3 Å². The molecule has 0 aliphatic heterocycles. The van der Waals surface area contributed by atoms with Crippen molar-refractivity contribution in [3.8, 4) is 28.8 Å². The van der Waals surface area contributed by atoms with Gasteiger partial charge in [-0.05, 0) is 74.1 Å². The summed E-state index contributed by atoms with van der Waals surface area (Å²) in [6.45, 7) is 2.69. The van der Waals surface area contributed by atoms with Gasteiger partial charge in [-0.1, -0.05) is 25.1 Å². The number of nitriles is 1. The summed E-state index contributed by atoms with van der Waals surface area (Å²) in [6.07, 6.45) is 7.95. The summed E-state index contributed by atoms with van der Waals surface area (Å²) in [5, 5.41) is 21.4. The summed E-state index contributed by atoms with van der Waals surface area (Å²) >= 11 is 1.37. The van der Waals surface area contributed by atoms with E-state index in [-0.39, 0.29) is 0 Å². The van der Waals surface area contributed by atoms with Crippen LogP contribution in [0.2, 0.25) is 0 Å². The summed E-state index contributed by atoms with van der Waals surface area (Å²) in [6, 6.07) is 19.4. The second kappa shape index (κ2) is 12.4. The van der Waals surface area contributed by atoms with Crippen LogP contribution in [0.5, 0.6) is 5.75 Å². The maximum atomic E-state index is 12.6. The van der Waals surface area contributed by atoms with Crippen LogP contribution in [0.4, 0.5) is 5.00 Å². The molecule has 0 bridgehead atoms. The van der Waals surface area contributed by atoms with E-state index in [1.807, 2.05) is 54.6 Å². The molecule has 1 aliphatic rings. The number of aromatic nitrogens is 2. The Hall–Kier alpha value is -4.75. The van der Waals surface area contributed by atoms with Gasteiger partial charge in [-0.2, -0.15) is 15.5 Å². The molecule has 2 aromatic carbocycles. The van der Waals surface area contributed by atoms with Gasteiger partial charge in [0.15, 0.2) is 0 Å². The normalized spacial score (nSPS) is 12.5. The Morgan fingerprint density at radius 3 is 2.65 bits per heavy atom. The molecular weight excluding hydrogens is 524 g/mol. The largest absolute Gasteiger partial charge is 0.494 e. The fourth-order valence-electron chi connectivity index (χ4n) is 4.49. The van der Waals surface area contributed by atoms with E-state index in [9.17, 15) is 14.9 Å². The number of amides is 2. The Bertz CT molecular complexity index is 1580. The van der Waals surface area contributed by atoms with E-state index < -0.39 is 11.8 Å². The number of rotatable bonds is 8. The lowest BCUT2D eigenvalue weighted by Crippen LogP contribution is -2.32. The number of para-hydroxylation sites is 1. The van der Waals surface area contributed by atoms with Gasteiger partial charge in [0.1, 0.15) is 22.5 Å². The molecule has 2 aromatic heterocycles. The standard InChI is InChI=1S/C30H28N6O3S/c1-2-16-39-23-14-12-20(13-15-23)27-21(19-36(35-27)22-8-4-3-5-9-22)18-32-34-29(38)28(37)33-30-25(17-31)24-10-6-7-11-26(24)40-30/h3-5,8-9,12-15,18-19H,2,6-7,10-11,16H2,1H3,(H,33,37)(H,34,38)/b32-18-. The number of carbonyl (C=O) groups is 2. The van der Waals surface area contributed by atoms with Crippen molar-refractivity contribution in [2.45, 2.75) is 39.0 Å². The molecule has 10 heteroatoms. The Morgan fingerprint density at radius 2 is 1.90 bits per heavy atom. The van der Waals surface area contributed by atoms with Crippen LogP contribution in [0.25, 0.3) is 16.9 Å². The SMILES string of the molecule is CCCOc1ccc(-c2nn(-c3ccccc3)cc2/C=N\NC(=O)C(=O)Nc2sc3c(c2C#N)CCCC3)cc1. The molecule has 4 aromatic rings. The van der Waals surface area contributed by atoms with Crippen LogP contribution in [0.3, 0.4) is 0 Å². The van der Waals surface area contributed by atoms with E-state index in [4.69, 9.17) is 9.84 Å². The highest BCUT2D eigenvalue weighted by molar-refractivity contribution is 7.16. The number of anilines is 1. The first kappa shape index (κ1) is 26.8. The third-order valence-corrected chi connectivity index (χ3v) is 7.66. The number of thiophene rings is 1. The molecule has 2 amide bonds. The molecule has 2 N–H and O–H groups in total. The van der Waals surface area contributed by atoms with Crippen molar-refractivity contribution in [3.05, 3.63) is 82.4 Å². The van der Waals surface area contributed by atoms with Crippen molar-refractivity contribution in [2.75, 3.05) is 11.9 Å². The van der Waals surface area contributed by atoms with Crippen LogP contribution in [0.15, 0.2) is 65.9 Å². The van der Waals surface area contributed by atoms with Crippen LogP contribution in [-0.4, -0.2) is 34.4 Å². The number of hydrazone groups is 1. The van der Waals surface area contributed by atoms with Gasteiger partial charge in [0.2, 0.25) is 0 Å². The van der Waals surface area contributed by atoms with Gasteiger partial charge in [-0.3, -0.25) is 9.59 Å². The highest BCUT2D eigenvalue weighted by atomic mass is 32.1. The van der Waals surface area contributed by atoms with Crippen LogP contribution in [0.1, 0.15) is 47.8 Å². The van der Waals surface area contributed by atoms with Crippen molar-refractivity contribution in [1.82, 2.24) is 15.2 Å². The number of ether oxygens (including phenoxy) is 1. The smallest absolute Gasteiger partial charge is 0.329 e. The van der Waals surface area contributed by atoms with Gasteiger partial charge in [0.05, 0.1) is 24.1 Å². The highest BCUT2D eigenvalue weighted by Gasteiger charge is 2.23. The van der Waals surface area contributed by atoms with Crippen LogP contribution in [-0.2, 0) is 22.4 Å². The molecule has 202 valence electrons. The summed E-state index contributed by atoms with van der Waals surface area (Å²) < 4.78 is 7.42. The number of nitrogens with zero attached hydrogens (tertiary/aromatic N) is 4. The highest BCUT2D eigenvalue weighted by Crippen LogP contribution is 2.37. The fraction of sp³-hybridized carbons (Fsp3) is 0.233. The van der Waals surface area contributed by atoms with Gasteiger partial charge in [0.25, 0.3) is 0 Å². The first-order chi connectivity index (χ1) is 19.6. The van der Waals surface area contributed by atoms with Gasteiger partial charge in [-0.15, -0.1) is 11.3 Å². The lowest BCUT2D eigenvalue weighted by molar-refractivity contribution is -0.136. The van der Waals surface area contributed by atoms with Crippen LogP contribution in [0, 0.1) is 11.3 Å². The predicted octanol–water partition coefficient (Wildman–Crippen LogP) is 5.23. The molecule has 1 aliphatic carbocycles. The van der Waals surface area contributed by atoms with Crippen molar-refractivity contribution in [2.24, 2.45) is 5.10 Å². The van der Waals surface area contributed by atoms with Crippen molar-refractivity contribution >= 4 is 34.4 Å². The Labute approximate surface area is 236 Å². The molecule has 0 unspecified atom stereocenters. The monoisotopic (exact) mass is 552 g/mol. The van der Waals surface area contributed by atoms with E-state index in [0.717, 1.165) is 59.5 Å². The fourth-order valence-corrected chi connectivity index (χ4v) is 5.73. The summed E-state index contributed by atoms with van der Waals surface area (Å²) in [5.41, 5.74) is 6.73. The summed E-state index contributed by atoms with van der Waals surface area (Å²) in [7, 11) is 0. The lowest BCUT2D eigenvalue weighted by atomic mass is 9.96. The number of hydrogen-bond acceptors (Lipinski definition) is 7. The predicted molar refractivity (Wildman–Crippen MR) is 155 cm³/mol. The second-order valence-corrected chi connectivity index (χ2v) is 10.4. The average molecular weight is 553 g/mol. The molecule has 0 radical (unpaired) electrons. The second-order valence-electron chi connectivity index (χ2n) is 9.27. The Kier molecular flexibility index (Phi) is 8.32. The van der Waals surface area contributed by atoms with Crippen LogP contribution >= 0.6 is 11.3 Å². The molecule has 0 saturated carbocycles. The van der Waals surface area contributed by atoms with E-state index in [0.29, 0.717) is 28.4 Å². The molecule has 0 atom stereocenters. The van der Waals surface area contributed by atoms with Gasteiger partial charge >= 0.3 is 11.8 Å². The molecule has 9 nitrogen and oxygen atoms in total. The number of carbonyl (C=O) groups excluding carboxylic acids is 2. The van der Waals surface area contributed by atoms with Gasteiger partial charge in [-0.25, -0.2) is 10.1 Å². The molecule has 2 heterocycles. The molecule has 0 fully saturated rings. The number of hydrogen-bond donors (Lipinski definition) is 2. The minimum Gasteiger partial charge on any atom is -0.494 e. The maximum Gasteiger partial charge on any atom is 0.329 e. The average Bonchev–Trinajstić information content (AvgIpc) is 3.57.